The molecule has 20 heavy (non-hydrogen) atoms. The molecule has 1 aromatic carbocycles. The van der Waals surface area contributed by atoms with Gasteiger partial charge in [-0.25, -0.2) is 8.42 Å². The van der Waals surface area contributed by atoms with Gasteiger partial charge in [0, 0.05) is 11.8 Å². The van der Waals surface area contributed by atoms with E-state index in [2.05, 4.69) is 16.8 Å². The van der Waals surface area contributed by atoms with Crippen molar-refractivity contribution in [1.82, 2.24) is 14.8 Å². The molecule has 2 aromatic rings. The Labute approximate surface area is 117 Å². The molecule has 0 fully saturated rings. The number of aromatic nitrogens is 3. The van der Waals surface area contributed by atoms with Crippen LogP contribution in [0.15, 0.2) is 36.0 Å². The van der Waals surface area contributed by atoms with Crippen molar-refractivity contribution in [3.63, 3.8) is 0 Å². The second-order valence-electron chi connectivity index (χ2n) is 4.46. The van der Waals surface area contributed by atoms with E-state index in [1.165, 1.54) is 4.57 Å². The molecular formula is C14H13N3O2S. The first-order valence-corrected chi connectivity index (χ1v) is 7.84. The molecular weight excluding hydrogens is 274 g/mol. The summed E-state index contributed by atoms with van der Waals surface area (Å²) in [6.45, 7) is 5.60. The normalized spacial score (nSPS) is 13.8. The van der Waals surface area contributed by atoms with Gasteiger partial charge in [-0.3, -0.25) is 4.57 Å². The highest BCUT2D eigenvalue weighted by molar-refractivity contribution is 7.91. The summed E-state index contributed by atoms with van der Waals surface area (Å²) in [6, 6.07) is 7.71. The molecule has 102 valence electrons. The monoisotopic (exact) mass is 287 g/mol. The molecule has 0 saturated carbocycles. The van der Waals surface area contributed by atoms with Gasteiger partial charge in [0.05, 0.1) is 5.75 Å². The summed E-state index contributed by atoms with van der Waals surface area (Å²) >= 11 is 0. The lowest BCUT2D eigenvalue weighted by Gasteiger charge is -2.05. The average molecular weight is 287 g/mol. The summed E-state index contributed by atoms with van der Waals surface area (Å²) in [5.41, 5.74) is 2.56. The summed E-state index contributed by atoms with van der Waals surface area (Å²) in [4.78, 5) is 0. The van der Waals surface area contributed by atoms with Crippen LogP contribution in [0.3, 0.4) is 0 Å². The van der Waals surface area contributed by atoms with Gasteiger partial charge in [-0.1, -0.05) is 37.8 Å². The summed E-state index contributed by atoms with van der Waals surface area (Å²) < 4.78 is 25.6. The second-order valence-corrected chi connectivity index (χ2v) is 6.63. The fourth-order valence-electron chi connectivity index (χ4n) is 2.15. The molecule has 0 aliphatic carbocycles. The molecule has 1 aliphatic heterocycles. The van der Waals surface area contributed by atoms with Crippen LogP contribution in [0.1, 0.15) is 23.9 Å². The Hall–Kier alpha value is -2.21. The molecule has 0 radical (unpaired) electrons. The van der Waals surface area contributed by atoms with E-state index in [0.717, 1.165) is 11.1 Å². The van der Waals surface area contributed by atoms with Gasteiger partial charge in [0.1, 0.15) is 0 Å². The van der Waals surface area contributed by atoms with Gasteiger partial charge in [-0.2, -0.15) is 0 Å². The van der Waals surface area contributed by atoms with E-state index in [9.17, 15) is 8.42 Å². The minimum absolute atomic E-state index is 0.0155. The molecule has 2 heterocycles. The second kappa shape index (κ2) is 4.42. The average Bonchev–Trinajstić information content (AvgIpc) is 2.84. The highest BCUT2D eigenvalue weighted by atomic mass is 32.2. The van der Waals surface area contributed by atoms with Gasteiger partial charge in [0.25, 0.3) is 5.16 Å². The van der Waals surface area contributed by atoms with Gasteiger partial charge in [-0.05, 0) is 17.2 Å². The van der Waals surface area contributed by atoms with E-state index in [1.54, 1.807) is 13.1 Å². The zero-order valence-electron chi connectivity index (χ0n) is 10.9. The summed E-state index contributed by atoms with van der Waals surface area (Å²) in [6.07, 6.45) is 3.52. The fraction of sp³-hybridized carbons (Fsp3) is 0.143. The van der Waals surface area contributed by atoms with Crippen LogP contribution in [-0.2, 0) is 9.84 Å². The van der Waals surface area contributed by atoms with E-state index in [-0.39, 0.29) is 10.9 Å². The lowest BCUT2D eigenvalue weighted by molar-refractivity contribution is 0.586. The van der Waals surface area contributed by atoms with E-state index in [4.69, 9.17) is 0 Å². The first-order chi connectivity index (χ1) is 9.54. The minimum Gasteiger partial charge on any atom is -0.273 e. The number of rotatable bonds is 2. The highest BCUT2D eigenvalue weighted by Gasteiger charge is 2.25. The van der Waals surface area contributed by atoms with Gasteiger partial charge < -0.3 is 0 Å². The number of nitrogens with zero attached hydrogens (tertiary/aromatic N) is 3. The van der Waals surface area contributed by atoms with E-state index in [0.29, 0.717) is 11.4 Å². The van der Waals surface area contributed by atoms with Crippen LogP contribution in [0.5, 0.6) is 0 Å². The fourth-order valence-corrected chi connectivity index (χ4v) is 3.02. The molecule has 1 aromatic heterocycles. The van der Waals surface area contributed by atoms with Crippen LogP contribution in [0.25, 0.3) is 17.8 Å². The zero-order chi connectivity index (χ0) is 14.3. The largest absolute Gasteiger partial charge is 0.273 e. The molecule has 0 unspecified atom stereocenters. The first kappa shape index (κ1) is 12.8. The van der Waals surface area contributed by atoms with Crippen LogP contribution in [-0.4, -0.2) is 28.9 Å². The summed E-state index contributed by atoms with van der Waals surface area (Å²) in [5, 5.41) is 7.77. The molecule has 6 heteroatoms. The Kier molecular flexibility index (Phi) is 2.83. The predicted molar refractivity (Wildman–Crippen MR) is 77.6 cm³/mol. The Balaban J connectivity index is 2.26. The van der Waals surface area contributed by atoms with Gasteiger partial charge in [-0.15, -0.1) is 10.2 Å². The van der Waals surface area contributed by atoms with Crippen molar-refractivity contribution in [2.45, 2.75) is 12.1 Å². The zero-order valence-corrected chi connectivity index (χ0v) is 11.8. The van der Waals surface area contributed by atoms with Crippen molar-refractivity contribution < 1.29 is 8.42 Å². The van der Waals surface area contributed by atoms with Crippen LogP contribution < -0.4 is 0 Å². The molecule has 0 saturated heterocycles. The predicted octanol–water partition coefficient (Wildman–Crippen LogP) is 2.07. The maximum absolute atomic E-state index is 12.0. The van der Waals surface area contributed by atoms with Crippen LogP contribution >= 0.6 is 0 Å². The number of fused-ring (bicyclic) bond motifs is 2. The van der Waals surface area contributed by atoms with Crippen LogP contribution in [0, 0.1) is 0 Å². The SMILES string of the molecule is C=C1c2ccccc2C=Cn2c1nnc2S(=O)(=O)CC. The maximum atomic E-state index is 12.0. The quantitative estimate of drug-likeness (QED) is 0.724. The number of benzene rings is 1. The van der Waals surface area contributed by atoms with Crippen molar-refractivity contribution >= 4 is 27.7 Å². The van der Waals surface area contributed by atoms with Crippen LogP contribution in [0.2, 0.25) is 0 Å². The van der Waals surface area contributed by atoms with Crippen molar-refractivity contribution in [3.05, 3.63) is 47.8 Å². The topological polar surface area (TPSA) is 64.8 Å². The molecule has 0 N–H and O–H groups in total. The van der Waals surface area contributed by atoms with Crippen molar-refractivity contribution in [2.75, 3.05) is 5.75 Å². The molecule has 0 amide bonds. The van der Waals surface area contributed by atoms with E-state index in [1.807, 2.05) is 30.3 Å². The van der Waals surface area contributed by atoms with Gasteiger partial charge in [0.2, 0.25) is 9.84 Å². The van der Waals surface area contributed by atoms with Crippen molar-refractivity contribution in [1.29, 1.82) is 0 Å². The first-order valence-electron chi connectivity index (χ1n) is 6.19. The number of hydrogen-bond acceptors (Lipinski definition) is 4. The Morgan fingerprint density at radius 3 is 2.75 bits per heavy atom. The van der Waals surface area contributed by atoms with Gasteiger partial charge in [0.15, 0.2) is 5.82 Å². The summed E-state index contributed by atoms with van der Waals surface area (Å²) in [5.74, 6) is 0.441. The third-order valence-electron chi connectivity index (χ3n) is 3.28. The third-order valence-corrected chi connectivity index (χ3v) is 4.88. The third kappa shape index (κ3) is 1.80. The molecule has 0 atom stereocenters. The van der Waals surface area contributed by atoms with E-state index < -0.39 is 9.84 Å². The number of hydrogen-bond donors (Lipinski definition) is 0. The van der Waals surface area contributed by atoms with Crippen molar-refractivity contribution in [3.8, 4) is 0 Å². The number of sulfone groups is 1. The lowest BCUT2D eigenvalue weighted by Crippen LogP contribution is -2.10. The molecule has 3 rings (SSSR count). The van der Waals surface area contributed by atoms with E-state index >= 15 is 0 Å². The molecule has 1 aliphatic rings. The Bertz CT molecular complexity index is 832. The minimum atomic E-state index is -3.43. The Morgan fingerprint density at radius 2 is 2.00 bits per heavy atom. The Morgan fingerprint density at radius 1 is 1.25 bits per heavy atom. The van der Waals surface area contributed by atoms with Crippen LogP contribution in [0.4, 0.5) is 0 Å². The van der Waals surface area contributed by atoms with Gasteiger partial charge >= 0.3 is 0 Å². The summed E-state index contributed by atoms with van der Waals surface area (Å²) in [7, 11) is -3.43. The van der Waals surface area contributed by atoms with Crippen molar-refractivity contribution in [2.24, 2.45) is 0 Å². The standard InChI is InChI=1S/C14H13N3O2S/c1-3-20(18,19)14-16-15-13-10(2)12-7-5-4-6-11(12)8-9-17(13)14/h4-9H,2-3H2,1H3. The lowest BCUT2D eigenvalue weighted by atomic mass is 10.0. The molecule has 0 bridgehead atoms. The molecule has 5 nitrogen and oxygen atoms in total. The smallest absolute Gasteiger partial charge is 0.254 e. The highest BCUT2D eigenvalue weighted by Crippen LogP contribution is 2.29. The maximum Gasteiger partial charge on any atom is 0.254 e. The molecule has 0 spiro atoms.